The molecule has 0 aromatic carbocycles. The lowest BCUT2D eigenvalue weighted by Gasteiger charge is -2.25. The summed E-state index contributed by atoms with van der Waals surface area (Å²) >= 11 is 1.63. The van der Waals surface area contributed by atoms with Crippen molar-refractivity contribution in [2.45, 2.75) is 40.2 Å². The van der Waals surface area contributed by atoms with Gasteiger partial charge in [-0.2, -0.15) is 0 Å². The van der Waals surface area contributed by atoms with Gasteiger partial charge in [0.2, 0.25) is 5.91 Å². The van der Waals surface area contributed by atoms with Crippen LogP contribution in [0, 0.1) is 19.8 Å². The number of aryl methyl sites for hydroxylation is 2. The van der Waals surface area contributed by atoms with E-state index in [1.165, 1.54) is 4.88 Å². The zero-order valence-electron chi connectivity index (χ0n) is 11.9. The van der Waals surface area contributed by atoms with Crippen molar-refractivity contribution < 1.29 is 4.79 Å². The zero-order chi connectivity index (χ0) is 13.2. The smallest absolute Gasteiger partial charge is 0.224 e. The molecule has 19 heavy (non-hydrogen) atoms. The van der Waals surface area contributed by atoms with Crippen LogP contribution in [0.4, 0.5) is 0 Å². The fraction of sp³-hybridized carbons (Fsp3) is 0.667. The second-order valence-corrected chi connectivity index (χ2v) is 6.11. The number of carbonyl (C=O) groups is 1. The average Bonchev–Trinajstić information content (AvgIpc) is 2.58. The highest BCUT2D eigenvalue weighted by Gasteiger charge is 2.28. The van der Waals surface area contributed by atoms with Gasteiger partial charge in [-0.05, 0) is 27.7 Å². The van der Waals surface area contributed by atoms with E-state index >= 15 is 0 Å². The van der Waals surface area contributed by atoms with E-state index in [9.17, 15) is 4.79 Å². The molecule has 1 unspecified atom stereocenters. The van der Waals surface area contributed by atoms with Gasteiger partial charge < -0.3 is 11.1 Å². The molecule has 0 fully saturated rings. The lowest BCUT2D eigenvalue weighted by Crippen LogP contribution is -2.44. The molecule has 0 aliphatic rings. The fourth-order valence-corrected chi connectivity index (χ4v) is 2.30. The summed E-state index contributed by atoms with van der Waals surface area (Å²) in [6.45, 7) is 10.1. The lowest BCUT2D eigenvalue weighted by molar-refractivity contribution is -0.125. The Morgan fingerprint density at radius 1 is 1.42 bits per heavy atom. The first-order chi connectivity index (χ1) is 7.77. The first-order valence-electron chi connectivity index (χ1n) is 5.74. The van der Waals surface area contributed by atoms with Crippen LogP contribution in [-0.4, -0.2) is 17.4 Å². The number of nitrogens with zero attached hydrogens (tertiary/aromatic N) is 1. The Labute approximate surface area is 131 Å². The SMILES string of the molecule is Cc1nc(C(C)(C)NC(=O)C(C)CN)sc1C.Cl.Cl. The van der Waals surface area contributed by atoms with Crippen molar-refractivity contribution in [3.8, 4) is 0 Å². The number of nitrogens with two attached hydrogens (primary N) is 1. The van der Waals surface area contributed by atoms with Crippen molar-refractivity contribution >= 4 is 42.1 Å². The van der Waals surface area contributed by atoms with E-state index in [4.69, 9.17) is 5.73 Å². The van der Waals surface area contributed by atoms with Crippen LogP contribution in [0.3, 0.4) is 0 Å². The topological polar surface area (TPSA) is 68.0 Å². The van der Waals surface area contributed by atoms with Crippen molar-refractivity contribution in [1.82, 2.24) is 10.3 Å². The van der Waals surface area contributed by atoms with E-state index in [0.717, 1.165) is 10.7 Å². The predicted molar refractivity (Wildman–Crippen MR) is 85.5 cm³/mol. The maximum atomic E-state index is 11.8. The first kappa shape index (κ1) is 20.9. The predicted octanol–water partition coefficient (Wildman–Crippen LogP) is 2.55. The molecule has 1 heterocycles. The third kappa shape index (κ3) is 5.26. The normalized spacial score (nSPS) is 12.1. The molecule has 3 N–H and O–H groups in total. The number of aromatic nitrogens is 1. The van der Waals surface area contributed by atoms with Crippen LogP contribution in [0.2, 0.25) is 0 Å². The van der Waals surface area contributed by atoms with Gasteiger partial charge in [-0.25, -0.2) is 4.98 Å². The van der Waals surface area contributed by atoms with Crippen molar-refractivity contribution in [2.24, 2.45) is 11.7 Å². The molecule has 0 aliphatic heterocycles. The highest BCUT2D eigenvalue weighted by atomic mass is 35.5. The Morgan fingerprint density at radius 3 is 2.32 bits per heavy atom. The molecule has 0 radical (unpaired) electrons. The molecule has 7 heteroatoms. The molecule has 4 nitrogen and oxygen atoms in total. The maximum absolute atomic E-state index is 11.8. The molecular weight excluding hydrogens is 305 g/mol. The third-order valence-corrected chi connectivity index (χ3v) is 4.20. The number of nitrogens with one attached hydrogen (secondary N) is 1. The molecule has 0 saturated heterocycles. The number of carbonyl (C=O) groups excluding carboxylic acids is 1. The highest BCUT2D eigenvalue weighted by Crippen LogP contribution is 2.27. The largest absolute Gasteiger partial charge is 0.344 e. The number of amides is 1. The summed E-state index contributed by atoms with van der Waals surface area (Å²) in [4.78, 5) is 17.5. The highest BCUT2D eigenvalue weighted by molar-refractivity contribution is 7.11. The minimum absolute atomic E-state index is 0. The van der Waals surface area contributed by atoms with Crippen molar-refractivity contribution in [2.75, 3.05) is 6.54 Å². The minimum Gasteiger partial charge on any atom is -0.344 e. The van der Waals surface area contributed by atoms with Crippen LogP contribution in [0.25, 0.3) is 0 Å². The van der Waals surface area contributed by atoms with Gasteiger partial charge in [0.25, 0.3) is 0 Å². The molecule has 0 spiro atoms. The number of rotatable bonds is 4. The minimum atomic E-state index is -0.440. The molecule has 1 amide bonds. The van der Waals surface area contributed by atoms with Gasteiger partial charge >= 0.3 is 0 Å². The number of hydrogen-bond donors (Lipinski definition) is 2. The lowest BCUT2D eigenvalue weighted by atomic mass is 10.0. The summed E-state index contributed by atoms with van der Waals surface area (Å²) in [6.07, 6.45) is 0. The Hall–Kier alpha value is -0.360. The van der Waals surface area contributed by atoms with E-state index in [2.05, 4.69) is 10.3 Å². The van der Waals surface area contributed by atoms with Gasteiger partial charge in [0.15, 0.2) is 0 Å². The summed E-state index contributed by atoms with van der Waals surface area (Å²) in [5.74, 6) is -0.195. The van der Waals surface area contributed by atoms with E-state index in [-0.39, 0.29) is 36.6 Å². The van der Waals surface area contributed by atoms with Crippen molar-refractivity contribution in [3.05, 3.63) is 15.6 Å². The first-order valence-corrected chi connectivity index (χ1v) is 6.56. The summed E-state index contributed by atoms with van der Waals surface area (Å²) in [5.41, 5.74) is 6.07. The molecule has 1 aromatic heterocycles. The van der Waals surface area contributed by atoms with E-state index in [1.807, 2.05) is 34.6 Å². The van der Waals surface area contributed by atoms with Gasteiger partial charge in [0, 0.05) is 17.3 Å². The quantitative estimate of drug-likeness (QED) is 0.892. The zero-order valence-corrected chi connectivity index (χ0v) is 14.4. The van der Waals surface area contributed by atoms with Crippen LogP contribution in [0.1, 0.15) is 36.3 Å². The van der Waals surface area contributed by atoms with Crippen LogP contribution >= 0.6 is 36.2 Å². The van der Waals surface area contributed by atoms with E-state index < -0.39 is 5.54 Å². The van der Waals surface area contributed by atoms with Crippen LogP contribution in [0.15, 0.2) is 0 Å². The summed E-state index contributed by atoms with van der Waals surface area (Å²) < 4.78 is 0. The summed E-state index contributed by atoms with van der Waals surface area (Å²) in [7, 11) is 0. The Kier molecular flexibility index (Phi) is 8.87. The van der Waals surface area contributed by atoms with Crippen LogP contribution in [-0.2, 0) is 10.3 Å². The van der Waals surface area contributed by atoms with Crippen LogP contribution < -0.4 is 11.1 Å². The van der Waals surface area contributed by atoms with Crippen molar-refractivity contribution in [1.29, 1.82) is 0 Å². The molecule has 0 bridgehead atoms. The monoisotopic (exact) mass is 327 g/mol. The van der Waals surface area contributed by atoms with Gasteiger partial charge in [0.05, 0.1) is 11.2 Å². The van der Waals surface area contributed by atoms with Gasteiger partial charge in [-0.3, -0.25) is 4.79 Å². The van der Waals surface area contributed by atoms with Gasteiger partial charge in [-0.15, -0.1) is 36.2 Å². The van der Waals surface area contributed by atoms with Gasteiger partial charge in [-0.1, -0.05) is 6.92 Å². The maximum Gasteiger partial charge on any atom is 0.224 e. The second-order valence-electron chi connectivity index (χ2n) is 4.91. The Bertz CT molecular complexity index is 402. The molecular formula is C12H23Cl2N3OS. The Balaban J connectivity index is 0. The molecule has 1 atom stereocenters. The third-order valence-electron chi connectivity index (χ3n) is 2.80. The van der Waals surface area contributed by atoms with E-state index in [0.29, 0.717) is 6.54 Å². The molecule has 0 aliphatic carbocycles. The van der Waals surface area contributed by atoms with Crippen LogP contribution in [0.5, 0.6) is 0 Å². The molecule has 1 aromatic rings. The molecule has 112 valence electrons. The summed E-state index contributed by atoms with van der Waals surface area (Å²) in [6, 6.07) is 0. The summed E-state index contributed by atoms with van der Waals surface area (Å²) in [5, 5.41) is 3.93. The molecule has 1 rings (SSSR count). The number of thiazole rings is 1. The molecule has 0 saturated carbocycles. The Morgan fingerprint density at radius 2 is 1.95 bits per heavy atom. The standard InChI is InChI=1S/C12H21N3OS.2ClH/c1-7(6-13)10(16)15-12(4,5)11-14-8(2)9(3)17-11;;/h7H,6,13H2,1-5H3,(H,15,16);2*1H. The fourth-order valence-electron chi connectivity index (χ4n) is 1.33. The van der Waals surface area contributed by atoms with Crippen molar-refractivity contribution in [3.63, 3.8) is 0 Å². The second kappa shape index (κ2) is 8.04. The number of hydrogen-bond acceptors (Lipinski definition) is 4. The average molecular weight is 328 g/mol. The van der Waals surface area contributed by atoms with Gasteiger partial charge in [0.1, 0.15) is 5.01 Å². The van der Waals surface area contributed by atoms with E-state index in [1.54, 1.807) is 11.3 Å². The number of halogens is 2.